The third kappa shape index (κ3) is 3.79. The molecule has 2 fully saturated rings. The van der Waals surface area contributed by atoms with Gasteiger partial charge in [-0.1, -0.05) is 12.1 Å². The molecule has 1 atom stereocenters. The minimum absolute atomic E-state index is 0.000240. The molecule has 1 unspecified atom stereocenters. The zero-order valence-corrected chi connectivity index (χ0v) is 16.9. The maximum atomic E-state index is 12.9. The van der Waals surface area contributed by atoms with Crippen LogP contribution in [-0.2, 0) is 15.0 Å². The molecule has 1 aliphatic heterocycles. The van der Waals surface area contributed by atoms with Gasteiger partial charge in [-0.25, -0.2) is 0 Å². The number of hydrogen-bond acceptors (Lipinski definition) is 4. The van der Waals surface area contributed by atoms with Crippen molar-refractivity contribution in [2.45, 2.75) is 37.6 Å². The molecule has 2 N–H and O–H groups in total. The van der Waals surface area contributed by atoms with Crippen molar-refractivity contribution >= 4 is 23.2 Å². The van der Waals surface area contributed by atoms with E-state index in [1.807, 2.05) is 48.3 Å². The van der Waals surface area contributed by atoms with Gasteiger partial charge in [-0.3, -0.25) is 9.59 Å². The molecule has 6 heteroatoms. The Kier molecular flexibility index (Phi) is 4.94. The van der Waals surface area contributed by atoms with E-state index in [0.29, 0.717) is 0 Å². The Labute approximate surface area is 171 Å². The van der Waals surface area contributed by atoms with Crippen LogP contribution in [0.25, 0.3) is 0 Å². The number of phenolic OH excluding ortho intramolecular Hbond substituents is 1. The van der Waals surface area contributed by atoms with Crippen LogP contribution in [0.4, 0.5) is 11.4 Å². The number of rotatable bonds is 5. The summed E-state index contributed by atoms with van der Waals surface area (Å²) in [5.41, 5.74) is 2.34. The van der Waals surface area contributed by atoms with Crippen molar-refractivity contribution in [3.63, 3.8) is 0 Å². The van der Waals surface area contributed by atoms with Crippen molar-refractivity contribution in [2.75, 3.05) is 30.4 Å². The number of aromatic hydroxyl groups is 1. The summed E-state index contributed by atoms with van der Waals surface area (Å²) in [5, 5.41) is 12.5. The average Bonchev–Trinajstić information content (AvgIpc) is 3.38. The van der Waals surface area contributed by atoms with Crippen LogP contribution in [0.2, 0.25) is 0 Å². The van der Waals surface area contributed by atoms with E-state index in [1.54, 1.807) is 19.1 Å². The van der Waals surface area contributed by atoms with Gasteiger partial charge < -0.3 is 20.2 Å². The Morgan fingerprint density at radius 1 is 1.10 bits per heavy atom. The summed E-state index contributed by atoms with van der Waals surface area (Å²) in [4.78, 5) is 28.5. The molecule has 1 saturated heterocycles. The van der Waals surface area contributed by atoms with E-state index in [4.69, 9.17) is 0 Å². The lowest BCUT2D eigenvalue weighted by Gasteiger charge is -2.24. The topological polar surface area (TPSA) is 72.9 Å². The minimum atomic E-state index is -0.480. The third-order valence-electron chi connectivity index (χ3n) is 6.30. The summed E-state index contributed by atoms with van der Waals surface area (Å²) in [5.74, 6) is 0.303. The molecule has 1 aliphatic carbocycles. The highest BCUT2D eigenvalue weighted by atomic mass is 16.3. The summed E-state index contributed by atoms with van der Waals surface area (Å²) < 4.78 is 0. The first-order valence-electron chi connectivity index (χ1n) is 10.1. The summed E-state index contributed by atoms with van der Waals surface area (Å²) in [6.45, 7) is 3.34. The molecule has 4 rings (SSSR count). The number of benzene rings is 2. The lowest BCUT2D eigenvalue weighted by atomic mass is 9.95. The number of anilines is 2. The molecule has 0 spiro atoms. The zero-order valence-electron chi connectivity index (χ0n) is 16.9. The largest absolute Gasteiger partial charge is 0.508 e. The van der Waals surface area contributed by atoms with Gasteiger partial charge in [0.25, 0.3) is 0 Å². The van der Waals surface area contributed by atoms with E-state index >= 15 is 0 Å². The number of carbonyl (C=O) groups is 2. The molecule has 0 aromatic heterocycles. The van der Waals surface area contributed by atoms with Gasteiger partial charge >= 0.3 is 0 Å². The van der Waals surface area contributed by atoms with Crippen LogP contribution >= 0.6 is 0 Å². The number of amides is 2. The van der Waals surface area contributed by atoms with Crippen molar-refractivity contribution in [1.29, 1.82) is 0 Å². The van der Waals surface area contributed by atoms with Crippen molar-refractivity contribution < 1.29 is 14.7 Å². The second-order valence-corrected chi connectivity index (χ2v) is 8.15. The Morgan fingerprint density at radius 2 is 1.76 bits per heavy atom. The van der Waals surface area contributed by atoms with Gasteiger partial charge in [0.15, 0.2) is 0 Å². The summed E-state index contributed by atoms with van der Waals surface area (Å²) >= 11 is 0. The molecule has 2 aromatic carbocycles. The Balaban J connectivity index is 1.39. The number of hydrogen-bond donors (Lipinski definition) is 2. The molecule has 1 heterocycles. The maximum Gasteiger partial charge on any atom is 0.235 e. The lowest BCUT2D eigenvalue weighted by Crippen LogP contribution is -2.37. The normalized spacial score (nSPS) is 19.7. The van der Waals surface area contributed by atoms with E-state index in [2.05, 4.69) is 10.2 Å². The van der Waals surface area contributed by atoms with Crippen LogP contribution in [0.15, 0.2) is 48.5 Å². The number of carbonyl (C=O) groups excluding carboxylic acids is 2. The second kappa shape index (κ2) is 7.43. The molecule has 152 valence electrons. The smallest absolute Gasteiger partial charge is 0.235 e. The maximum absolute atomic E-state index is 12.9. The van der Waals surface area contributed by atoms with Crippen LogP contribution in [0.3, 0.4) is 0 Å². The lowest BCUT2D eigenvalue weighted by molar-refractivity contribution is -0.129. The van der Waals surface area contributed by atoms with Gasteiger partial charge in [0.1, 0.15) is 5.75 Å². The van der Waals surface area contributed by atoms with Crippen molar-refractivity contribution in [3.05, 3.63) is 54.1 Å². The number of nitrogens with zero attached hydrogens (tertiary/aromatic N) is 2. The number of nitrogens with one attached hydrogen (secondary N) is 1. The van der Waals surface area contributed by atoms with Crippen LogP contribution in [0.5, 0.6) is 5.75 Å². The fraction of sp³-hybridized carbons (Fsp3) is 0.391. The van der Waals surface area contributed by atoms with E-state index in [0.717, 1.165) is 49.3 Å². The quantitative estimate of drug-likeness (QED) is 0.819. The van der Waals surface area contributed by atoms with Gasteiger partial charge in [0.2, 0.25) is 11.8 Å². The summed E-state index contributed by atoms with van der Waals surface area (Å²) in [6, 6.07) is 15.1. The van der Waals surface area contributed by atoms with E-state index in [9.17, 15) is 14.7 Å². The monoisotopic (exact) mass is 393 g/mol. The summed E-state index contributed by atoms with van der Waals surface area (Å²) in [7, 11) is 1.86. The van der Waals surface area contributed by atoms with E-state index in [1.165, 1.54) is 0 Å². The Bertz CT molecular complexity index is 904. The van der Waals surface area contributed by atoms with Gasteiger partial charge in [0, 0.05) is 38.4 Å². The first-order chi connectivity index (χ1) is 13.9. The highest BCUT2D eigenvalue weighted by Crippen LogP contribution is 2.49. The molecule has 2 aromatic rings. The first-order valence-corrected chi connectivity index (χ1v) is 10.1. The van der Waals surface area contributed by atoms with Crippen LogP contribution in [-0.4, -0.2) is 48.0 Å². The Hall–Kier alpha value is -3.02. The van der Waals surface area contributed by atoms with Crippen molar-refractivity contribution in [1.82, 2.24) is 4.90 Å². The fourth-order valence-corrected chi connectivity index (χ4v) is 4.11. The highest BCUT2D eigenvalue weighted by Gasteiger charge is 2.51. The molecule has 1 saturated carbocycles. The molecular weight excluding hydrogens is 366 g/mol. The SMILES string of the molecule is CC(=O)N(C)C1CCN(c2ccc(NC(=O)C3(c4ccc(O)cc4)CC3)cc2)C1. The predicted octanol–water partition coefficient (Wildman–Crippen LogP) is 3.12. The molecule has 2 aliphatic rings. The molecule has 2 amide bonds. The standard InChI is InChI=1S/C23H27N3O3/c1-16(27)25(2)20-11-14-26(15-20)19-7-5-18(6-8-19)24-22(29)23(12-13-23)17-3-9-21(28)10-4-17/h3-10,20,28H,11-15H2,1-2H3,(H,24,29). The van der Waals surface area contributed by atoms with Crippen LogP contribution in [0.1, 0.15) is 31.7 Å². The molecular formula is C23H27N3O3. The summed E-state index contributed by atoms with van der Waals surface area (Å²) in [6.07, 6.45) is 2.60. The average molecular weight is 393 g/mol. The van der Waals surface area contributed by atoms with Crippen LogP contribution in [0, 0.1) is 0 Å². The molecule has 0 radical (unpaired) electrons. The second-order valence-electron chi connectivity index (χ2n) is 8.15. The molecule has 29 heavy (non-hydrogen) atoms. The molecule has 0 bridgehead atoms. The van der Waals surface area contributed by atoms with Crippen molar-refractivity contribution in [3.8, 4) is 5.75 Å². The highest BCUT2D eigenvalue weighted by molar-refractivity contribution is 6.01. The fourth-order valence-electron chi connectivity index (χ4n) is 4.11. The van der Waals surface area contributed by atoms with Gasteiger partial charge in [-0.2, -0.15) is 0 Å². The number of likely N-dealkylation sites (N-methyl/N-ethyl adjacent to an activating group) is 1. The third-order valence-corrected chi connectivity index (χ3v) is 6.30. The van der Waals surface area contributed by atoms with E-state index in [-0.39, 0.29) is 23.6 Å². The number of phenols is 1. The first kappa shape index (κ1) is 19.3. The zero-order chi connectivity index (χ0) is 20.6. The van der Waals surface area contributed by atoms with Gasteiger partial charge in [-0.15, -0.1) is 0 Å². The Morgan fingerprint density at radius 3 is 2.34 bits per heavy atom. The van der Waals surface area contributed by atoms with Gasteiger partial charge in [0.05, 0.1) is 11.5 Å². The van der Waals surface area contributed by atoms with Crippen molar-refractivity contribution in [2.24, 2.45) is 0 Å². The molecule has 6 nitrogen and oxygen atoms in total. The minimum Gasteiger partial charge on any atom is -0.508 e. The predicted molar refractivity (Wildman–Crippen MR) is 113 cm³/mol. The van der Waals surface area contributed by atoms with Crippen LogP contribution < -0.4 is 10.2 Å². The van der Waals surface area contributed by atoms with Gasteiger partial charge in [-0.05, 0) is 61.2 Å². The van der Waals surface area contributed by atoms with E-state index < -0.39 is 5.41 Å².